The number of aromatic nitrogens is 1. The van der Waals surface area contributed by atoms with E-state index < -0.39 is 0 Å². The highest BCUT2D eigenvalue weighted by atomic mass is 79.9. The average Bonchev–Trinajstić information content (AvgIpc) is 2.23. The lowest BCUT2D eigenvalue weighted by atomic mass is 10.1. The Balaban J connectivity index is 2.31. The molecular weight excluding hydrogens is 324 g/mol. The first-order chi connectivity index (χ1) is 7.20. The van der Waals surface area contributed by atoms with Crippen molar-refractivity contribution >= 4 is 37.5 Å². The SMILES string of the molecule is OC1CCCCN1c1ccnc(Br)c1Br. The minimum absolute atomic E-state index is 0.371. The first-order valence-corrected chi connectivity index (χ1v) is 6.53. The first-order valence-electron chi connectivity index (χ1n) is 4.95. The van der Waals surface area contributed by atoms with Crippen molar-refractivity contribution in [3.8, 4) is 0 Å². The van der Waals surface area contributed by atoms with Crippen molar-refractivity contribution in [3.63, 3.8) is 0 Å². The Labute approximate surface area is 106 Å². The predicted molar refractivity (Wildman–Crippen MR) is 66.8 cm³/mol. The number of rotatable bonds is 1. The monoisotopic (exact) mass is 334 g/mol. The van der Waals surface area contributed by atoms with Crippen LogP contribution in [0.3, 0.4) is 0 Å². The van der Waals surface area contributed by atoms with E-state index in [1.54, 1.807) is 6.20 Å². The highest BCUT2D eigenvalue weighted by Gasteiger charge is 2.22. The number of aliphatic hydroxyl groups excluding tert-OH is 1. The van der Waals surface area contributed by atoms with Crippen LogP contribution in [0.2, 0.25) is 0 Å². The molecule has 1 atom stereocenters. The van der Waals surface area contributed by atoms with E-state index in [4.69, 9.17) is 0 Å². The van der Waals surface area contributed by atoms with Gasteiger partial charge in [-0.2, -0.15) is 0 Å². The molecule has 2 rings (SSSR count). The molecule has 5 heteroatoms. The molecule has 0 bridgehead atoms. The van der Waals surface area contributed by atoms with Gasteiger partial charge in [-0.3, -0.25) is 0 Å². The van der Waals surface area contributed by atoms with Crippen molar-refractivity contribution in [2.75, 3.05) is 11.4 Å². The van der Waals surface area contributed by atoms with Crippen LogP contribution in [0.25, 0.3) is 0 Å². The molecule has 0 radical (unpaired) electrons. The second-order valence-corrected chi connectivity index (χ2v) is 5.15. The van der Waals surface area contributed by atoms with Crippen molar-refractivity contribution in [1.82, 2.24) is 4.98 Å². The normalized spacial score (nSPS) is 21.8. The summed E-state index contributed by atoms with van der Waals surface area (Å²) in [5.74, 6) is 0. The lowest BCUT2D eigenvalue weighted by molar-refractivity contribution is 0.140. The summed E-state index contributed by atoms with van der Waals surface area (Å²) >= 11 is 6.85. The quantitative estimate of drug-likeness (QED) is 0.802. The second kappa shape index (κ2) is 4.80. The standard InChI is InChI=1S/C10H12Br2N2O/c11-9-7(4-5-13-10(9)12)14-6-2-1-3-8(14)15/h4-5,8,15H,1-3,6H2. The van der Waals surface area contributed by atoms with Crippen molar-refractivity contribution in [3.05, 3.63) is 21.3 Å². The van der Waals surface area contributed by atoms with Gasteiger partial charge in [-0.1, -0.05) is 0 Å². The largest absolute Gasteiger partial charge is 0.374 e. The molecule has 0 aliphatic carbocycles. The number of piperidine rings is 1. The van der Waals surface area contributed by atoms with Gasteiger partial charge in [-0.15, -0.1) is 0 Å². The summed E-state index contributed by atoms with van der Waals surface area (Å²) in [5.41, 5.74) is 1.00. The fourth-order valence-corrected chi connectivity index (χ4v) is 2.61. The summed E-state index contributed by atoms with van der Waals surface area (Å²) in [4.78, 5) is 6.13. The number of halogens is 2. The number of anilines is 1. The van der Waals surface area contributed by atoms with E-state index in [9.17, 15) is 5.11 Å². The number of hydrogen-bond donors (Lipinski definition) is 1. The van der Waals surface area contributed by atoms with Gasteiger partial charge in [-0.05, 0) is 57.2 Å². The van der Waals surface area contributed by atoms with E-state index in [2.05, 4.69) is 36.8 Å². The Kier molecular flexibility index (Phi) is 3.64. The molecule has 82 valence electrons. The lowest BCUT2D eigenvalue weighted by Crippen LogP contribution is -2.39. The molecule has 0 saturated carbocycles. The zero-order chi connectivity index (χ0) is 10.8. The van der Waals surface area contributed by atoms with E-state index in [0.29, 0.717) is 0 Å². The van der Waals surface area contributed by atoms with Gasteiger partial charge in [0.1, 0.15) is 10.8 Å². The zero-order valence-corrected chi connectivity index (χ0v) is 11.3. The van der Waals surface area contributed by atoms with Crippen LogP contribution in [-0.4, -0.2) is 22.9 Å². The molecule has 3 nitrogen and oxygen atoms in total. The maximum absolute atomic E-state index is 9.91. The second-order valence-electron chi connectivity index (χ2n) is 3.60. The minimum atomic E-state index is -0.371. The molecule has 0 aromatic carbocycles. The Morgan fingerprint density at radius 3 is 2.93 bits per heavy atom. The molecular formula is C10H12Br2N2O. The van der Waals surface area contributed by atoms with Gasteiger partial charge in [0, 0.05) is 12.7 Å². The topological polar surface area (TPSA) is 36.4 Å². The first kappa shape index (κ1) is 11.4. The predicted octanol–water partition coefficient (Wildman–Crippen LogP) is 2.92. The molecule has 1 unspecified atom stereocenters. The summed E-state index contributed by atoms with van der Waals surface area (Å²) in [6.07, 6.45) is 4.44. The van der Waals surface area contributed by atoms with Crippen molar-refractivity contribution in [1.29, 1.82) is 0 Å². The number of aliphatic hydroxyl groups is 1. The van der Waals surface area contributed by atoms with Crippen molar-refractivity contribution in [2.24, 2.45) is 0 Å². The van der Waals surface area contributed by atoms with Crippen LogP contribution < -0.4 is 4.90 Å². The average molecular weight is 336 g/mol. The Morgan fingerprint density at radius 1 is 1.40 bits per heavy atom. The number of nitrogens with zero attached hydrogens (tertiary/aromatic N) is 2. The van der Waals surface area contributed by atoms with Crippen molar-refractivity contribution in [2.45, 2.75) is 25.5 Å². The van der Waals surface area contributed by atoms with E-state index in [-0.39, 0.29) is 6.23 Å². The third-order valence-electron chi connectivity index (χ3n) is 2.61. The molecule has 1 aliphatic rings. The number of hydrogen-bond acceptors (Lipinski definition) is 3. The van der Waals surface area contributed by atoms with Crippen LogP contribution in [0, 0.1) is 0 Å². The van der Waals surface area contributed by atoms with E-state index in [0.717, 1.165) is 40.6 Å². The molecule has 15 heavy (non-hydrogen) atoms. The summed E-state index contributed by atoms with van der Waals surface area (Å²) in [5, 5.41) is 9.91. The molecule has 0 spiro atoms. The molecule has 1 aromatic heterocycles. The van der Waals surface area contributed by atoms with Crippen LogP contribution in [0.15, 0.2) is 21.3 Å². The van der Waals surface area contributed by atoms with Crippen LogP contribution in [0.4, 0.5) is 5.69 Å². The Bertz CT molecular complexity index is 359. The summed E-state index contributed by atoms with van der Waals surface area (Å²) in [7, 11) is 0. The highest BCUT2D eigenvalue weighted by Crippen LogP contribution is 2.34. The van der Waals surface area contributed by atoms with E-state index in [1.807, 2.05) is 11.0 Å². The number of pyridine rings is 1. The highest BCUT2D eigenvalue weighted by molar-refractivity contribution is 9.13. The summed E-state index contributed by atoms with van der Waals surface area (Å²) < 4.78 is 1.68. The van der Waals surface area contributed by atoms with Gasteiger partial charge in [0.15, 0.2) is 0 Å². The van der Waals surface area contributed by atoms with Gasteiger partial charge in [-0.25, -0.2) is 4.98 Å². The minimum Gasteiger partial charge on any atom is -0.374 e. The Morgan fingerprint density at radius 2 is 2.20 bits per heavy atom. The molecule has 1 N–H and O–H groups in total. The van der Waals surface area contributed by atoms with E-state index >= 15 is 0 Å². The third kappa shape index (κ3) is 2.34. The molecule has 0 amide bonds. The van der Waals surface area contributed by atoms with Gasteiger partial charge in [0.25, 0.3) is 0 Å². The maximum atomic E-state index is 9.91. The van der Waals surface area contributed by atoms with Crippen LogP contribution in [-0.2, 0) is 0 Å². The van der Waals surface area contributed by atoms with Crippen LogP contribution in [0.5, 0.6) is 0 Å². The Hall–Kier alpha value is -0.130. The van der Waals surface area contributed by atoms with Gasteiger partial charge in [0.2, 0.25) is 0 Å². The zero-order valence-electron chi connectivity index (χ0n) is 8.16. The molecule has 1 saturated heterocycles. The van der Waals surface area contributed by atoms with Gasteiger partial charge < -0.3 is 10.0 Å². The van der Waals surface area contributed by atoms with E-state index in [1.165, 1.54) is 0 Å². The maximum Gasteiger partial charge on any atom is 0.126 e. The van der Waals surface area contributed by atoms with Crippen molar-refractivity contribution < 1.29 is 5.11 Å². The molecule has 1 aliphatic heterocycles. The third-order valence-corrected chi connectivity index (χ3v) is 4.52. The van der Waals surface area contributed by atoms with Gasteiger partial charge in [0.05, 0.1) is 10.2 Å². The molecule has 1 aromatic rings. The molecule has 1 fully saturated rings. The summed E-state index contributed by atoms with van der Waals surface area (Å²) in [6, 6.07) is 1.92. The van der Waals surface area contributed by atoms with Crippen LogP contribution in [0.1, 0.15) is 19.3 Å². The smallest absolute Gasteiger partial charge is 0.126 e. The van der Waals surface area contributed by atoms with Crippen LogP contribution >= 0.6 is 31.9 Å². The fourth-order valence-electron chi connectivity index (χ4n) is 1.83. The fraction of sp³-hybridized carbons (Fsp3) is 0.500. The lowest BCUT2D eigenvalue weighted by Gasteiger charge is -2.34. The molecule has 2 heterocycles. The van der Waals surface area contributed by atoms with Gasteiger partial charge >= 0.3 is 0 Å². The summed E-state index contributed by atoms with van der Waals surface area (Å²) in [6.45, 7) is 0.899.